The van der Waals surface area contributed by atoms with Gasteiger partial charge in [0.25, 0.3) is 5.91 Å². The molecule has 0 N–H and O–H groups in total. The van der Waals surface area contributed by atoms with Crippen LogP contribution in [-0.4, -0.2) is 60.1 Å². The van der Waals surface area contributed by atoms with E-state index in [1.165, 1.54) is 22.3 Å². The fraction of sp³-hybridized carbons (Fsp3) is 0.440. The van der Waals surface area contributed by atoms with E-state index in [1.807, 2.05) is 17.2 Å². The number of hydrogen-bond donors (Lipinski definition) is 0. The third-order valence-electron chi connectivity index (χ3n) is 6.66. The summed E-state index contributed by atoms with van der Waals surface area (Å²) in [5.74, 6) is 0.512. The van der Waals surface area contributed by atoms with Crippen LogP contribution >= 0.6 is 11.3 Å². The first-order chi connectivity index (χ1) is 15.1. The molecule has 1 atom stereocenters. The first kappa shape index (κ1) is 20.6. The Morgan fingerprint density at radius 3 is 2.81 bits per heavy atom. The number of amides is 1. The van der Waals surface area contributed by atoms with Crippen LogP contribution in [-0.2, 0) is 11.3 Å². The van der Waals surface area contributed by atoms with Crippen LogP contribution in [0.25, 0.3) is 10.2 Å². The van der Waals surface area contributed by atoms with Gasteiger partial charge in [-0.1, -0.05) is 24.3 Å². The van der Waals surface area contributed by atoms with Crippen LogP contribution < -0.4 is 0 Å². The second-order valence-corrected chi connectivity index (χ2v) is 9.74. The van der Waals surface area contributed by atoms with Gasteiger partial charge in [0.05, 0.1) is 18.1 Å². The molecule has 0 saturated carbocycles. The van der Waals surface area contributed by atoms with E-state index >= 15 is 0 Å². The Hall–Kier alpha value is -2.28. The van der Waals surface area contributed by atoms with Crippen molar-refractivity contribution in [1.29, 1.82) is 0 Å². The summed E-state index contributed by atoms with van der Waals surface area (Å²) in [5.41, 5.74) is 5.27. The van der Waals surface area contributed by atoms with E-state index in [-0.39, 0.29) is 5.91 Å². The molecule has 2 aliphatic rings. The van der Waals surface area contributed by atoms with Crippen molar-refractivity contribution in [3.63, 3.8) is 0 Å². The summed E-state index contributed by atoms with van der Waals surface area (Å²) in [6.07, 6.45) is 2.90. The van der Waals surface area contributed by atoms with Crippen molar-refractivity contribution in [1.82, 2.24) is 14.8 Å². The van der Waals surface area contributed by atoms with E-state index in [4.69, 9.17) is 4.74 Å². The molecule has 5 rings (SSSR count). The minimum Gasteiger partial charge on any atom is -0.378 e. The largest absolute Gasteiger partial charge is 0.378 e. The van der Waals surface area contributed by atoms with Crippen molar-refractivity contribution in [3.05, 3.63) is 63.7 Å². The second-order valence-electron chi connectivity index (χ2n) is 8.74. The molecule has 162 valence electrons. The monoisotopic (exact) mass is 435 g/mol. The molecule has 0 spiro atoms. The Balaban J connectivity index is 1.41. The molecule has 2 aliphatic heterocycles. The number of ether oxygens (including phenoxy) is 1. The van der Waals surface area contributed by atoms with Crippen molar-refractivity contribution in [2.75, 3.05) is 39.4 Å². The number of benzene rings is 1. The van der Waals surface area contributed by atoms with Crippen LogP contribution in [0.3, 0.4) is 0 Å². The predicted octanol–water partition coefficient (Wildman–Crippen LogP) is 4.38. The zero-order valence-electron chi connectivity index (χ0n) is 18.3. The van der Waals surface area contributed by atoms with Crippen molar-refractivity contribution in [3.8, 4) is 0 Å². The summed E-state index contributed by atoms with van der Waals surface area (Å²) >= 11 is 1.56. The van der Waals surface area contributed by atoms with E-state index in [1.54, 1.807) is 11.3 Å². The Bertz CT molecular complexity index is 1100. The smallest absolute Gasteiger partial charge is 0.264 e. The van der Waals surface area contributed by atoms with Gasteiger partial charge in [0.2, 0.25) is 0 Å². The maximum absolute atomic E-state index is 13.4. The lowest BCUT2D eigenvalue weighted by molar-refractivity contribution is 0.0305. The number of likely N-dealkylation sites (tertiary alicyclic amines) is 1. The molecule has 5 nitrogen and oxygen atoms in total. The van der Waals surface area contributed by atoms with Crippen LogP contribution in [0.1, 0.15) is 44.3 Å². The number of pyridine rings is 1. The average Bonchev–Trinajstić information content (AvgIpc) is 3.40. The number of carbonyl (C=O) groups excluding carboxylic acids is 1. The number of aryl methyl sites for hydroxylation is 2. The number of rotatable bonds is 4. The van der Waals surface area contributed by atoms with E-state index in [0.29, 0.717) is 32.2 Å². The highest BCUT2D eigenvalue weighted by Gasteiger charge is 2.32. The summed E-state index contributed by atoms with van der Waals surface area (Å²) in [6, 6.07) is 10.9. The van der Waals surface area contributed by atoms with E-state index in [9.17, 15) is 4.79 Å². The van der Waals surface area contributed by atoms with Gasteiger partial charge in [-0.25, -0.2) is 4.98 Å². The first-order valence-corrected chi connectivity index (χ1v) is 11.9. The highest BCUT2D eigenvalue weighted by molar-refractivity contribution is 7.20. The van der Waals surface area contributed by atoms with Gasteiger partial charge in [0, 0.05) is 43.7 Å². The number of thiophene rings is 1. The molecule has 1 amide bonds. The summed E-state index contributed by atoms with van der Waals surface area (Å²) in [4.78, 5) is 24.3. The van der Waals surface area contributed by atoms with Crippen LogP contribution in [0.15, 0.2) is 36.5 Å². The number of aromatic nitrogens is 1. The molecule has 0 bridgehead atoms. The SMILES string of the molecule is Cc1ccc(CN2CC[C@H](c3c(C(=O)N4CCOCC4)sc4ncccc34)C2)cc1C. The minimum atomic E-state index is 0.147. The molecule has 1 aromatic carbocycles. The fourth-order valence-electron chi connectivity index (χ4n) is 4.80. The van der Waals surface area contributed by atoms with Gasteiger partial charge >= 0.3 is 0 Å². The normalized spacial score (nSPS) is 19.9. The Kier molecular flexibility index (Phi) is 5.78. The zero-order valence-corrected chi connectivity index (χ0v) is 19.1. The average molecular weight is 436 g/mol. The van der Waals surface area contributed by atoms with E-state index < -0.39 is 0 Å². The molecule has 6 heteroatoms. The maximum Gasteiger partial charge on any atom is 0.264 e. The zero-order chi connectivity index (χ0) is 21.4. The Morgan fingerprint density at radius 2 is 2.00 bits per heavy atom. The van der Waals surface area contributed by atoms with Gasteiger partial charge in [-0.05, 0) is 55.1 Å². The molecular formula is C25H29N3O2S. The van der Waals surface area contributed by atoms with Gasteiger partial charge in [-0.3, -0.25) is 9.69 Å². The minimum absolute atomic E-state index is 0.147. The highest BCUT2D eigenvalue weighted by Crippen LogP contribution is 2.40. The number of morpholine rings is 1. The molecule has 31 heavy (non-hydrogen) atoms. The molecule has 0 unspecified atom stereocenters. The van der Waals surface area contributed by atoms with Crippen molar-refractivity contribution < 1.29 is 9.53 Å². The summed E-state index contributed by atoms with van der Waals surface area (Å²) in [7, 11) is 0. The molecule has 2 saturated heterocycles. The summed E-state index contributed by atoms with van der Waals surface area (Å²) in [5, 5.41) is 1.15. The molecule has 2 fully saturated rings. The lowest BCUT2D eigenvalue weighted by atomic mass is 9.95. The topological polar surface area (TPSA) is 45.7 Å². The predicted molar refractivity (Wildman–Crippen MR) is 125 cm³/mol. The summed E-state index contributed by atoms with van der Waals surface area (Å²) < 4.78 is 5.45. The second kappa shape index (κ2) is 8.69. The number of hydrogen-bond acceptors (Lipinski definition) is 5. The summed E-state index contributed by atoms with van der Waals surface area (Å²) in [6.45, 7) is 9.93. The van der Waals surface area contributed by atoms with Gasteiger partial charge < -0.3 is 9.64 Å². The van der Waals surface area contributed by atoms with Crippen LogP contribution in [0.5, 0.6) is 0 Å². The van der Waals surface area contributed by atoms with Gasteiger partial charge in [0.15, 0.2) is 0 Å². The van der Waals surface area contributed by atoms with Crippen molar-refractivity contribution in [2.45, 2.75) is 32.7 Å². The first-order valence-electron chi connectivity index (χ1n) is 11.1. The number of carbonyl (C=O) groups is 1. The fourth-order valence-corrected chi connectivity index (χ4v) is 6.00. The quantitative estimate of drug-likeness (QED) is 0.610. The van der Waals surface area contributed by atoms with Crippen LogP contribution in [0.2, 0.25) is 0 Å². The van der Waals surface area contributed by atoms with Crippen molar-refractivity contribution >= 4 is 27.5 Å². The maximum atomic E-state index is 13.4. The van der Waals surface area contributed by atoms with Crippen LogP contribution in [0.4, 0.5) is 0 Å². The lowest BCUT2D eigenvalue weighted by Crippen LogP contribution is -2.40. The van der Waals surface area contributed by atoms with Gasteiger partial charge in [0.1, 0.15) is 4.83 Å². The molecular weight excluding hydrogens is 406 g/mol. The Labute approximate surface area is 187 Å². The van der Waals surface area contributed by atoms with Crippen LogP contribution in [0, 0.1) is 13.8 Å². The van der Waals surface area contributed by atoms with E-state index in [2.05, 4.69) is 48.0 Å². The standard InChI is InChI=1S/C25H29N3O2S/c1-17-5-6-19(14-18(17)2)15-27-9-7-20(16-27)22-21-4-3-8-26-24(21)31-23(22)25(29)28-10-12-30-13-11-28/h3-6,8,14,20H,7,9-13,15-16H2,1-2H3/t20-/m0/s1. The lowest BCUT2D eigenvalue weighted by Gasteiger charge is -2.27. The van der Waals surface area contributed by atoms with Crippen molar-refractivity contribution in [2.24, 2.45) is 0 Å². The molecule has 0 radical (unpaired) electrons. The molecule has 2 aromatic heterocycles. The number of fused-ring (bicyclic) bond motifs is 1. The van der Waals surface area contributed by atoms with Gasteiger partial charge in [-0.2, -0.15) is 0 Å². The molecule has 4 heterocycles. The highest BCUT2D eigenvalue weighted by atomic mass is 32.1. The third kappa shape index (κ3) is 4.12. The van der Waals surface area contributed by atoms with E-state index in [0.717, 1.165) is 41.1 Å². The third-order valence-corrected chi connectivity index (χ3v) is 7.77. The molecule has 0 aliphatic carbocycles. The van der Waals surface area contributed by atoms with Gasteiger partial charge in [-0.15, -0.1) is 11.3 Å². The number of nitrogens with zero attached hydrogens (tertiary/aromatic N) is 3. The Morgan fingerprint density at radius 1 is 1.16 bits per heavy atom. The molecule has 3 aromatic rings.